The Kier molecular flexibility index (Phi) is 5.52. The molecule has 0 spiro atoms. The maximum atomic E-state index is 12.1. The van der Waals surface area contributed by atoms with Gasteiger partial charge in [0.25, 0.3) is 0 Å². The van der Waals surface area contributed by atoms with Gasteiger partial charge < -0.3 is 20.1 Å². The van der Waals surface area contributed by atoms with Gasteiger partial charge in [0.05, 0.1) is 6.61 Å². The number of carbonyl (C=O) groups is 1. The normalized spacial score (nSPS) is 19.5. The summed E-state index contributed by atoms with van der Waals surface area (Å²) in [6.07, 6.45) is 0.645. The molecule has 1 aliphatic heterocycles. The predicted octanol–water partition coefficient (Wildman–Crippen LogP) is 3.34. The van der Waals surface area contributed by atoms with Crippen molar-refractivity contribution in [2.45, 2.75) is 45.8 Å². The van der Waals surface area contributed by atoms with Crippen LogP contribution in [-0.4, -0.2) is 36.3 Å². The summed E-state index contributed by atoms with van der Waals surface area (Å²) in [6, 6.07) is 7.81. The first kappa shape index (κ1) is 17.6. The van der Waals surface area contributed by atoms with E-state index in [0.29, 0.717) is 19.7 Å². The number of hydrogen-bond acceptors (Lipinski definition) is 4. The summed E-state index contributed by atoms with van der Waals surface area (Å²) >= 11 is 0. The number of nitrogens with zero attached hydrogens (tertiary/aromatic N) is 1. The van der Waals surface area contributed by atoms with Gasteiger partial charge >= 0.3 is 6.09 Å². The molecule has 2 atom stereocenters. The van der Waals surface area contributed by atoms with E-state index in [0.717, 1.165) is 17.7 Å². The molecule has 0 saturated carbocycles. The fourth-order valence-corrected chi connectivity index (χ4v) is 2.80. The van der Waals surface area contributed by atoms with Gasteiger partial charge in [-0.3, -0.25) is 0 Å². The van der Waals surface area contributed by atoms with Crippen LogP contribution in [0, 0.1) is 5.92 Å². The van der Waals surface area contributed by atoms with Gasteiger partial charge in [0.2, 0.25) is 0 Å². The monoisotopic (exact) mass is 320 g/mol. The van der Waals surface area contributed by atoms with Crippen LogP contribution < -0.4 is 10.5 Å². The molecule has 1 heterocycles. The zero-order valence-electron chi connectivity index (χ0n) is 14.5. The number of hydrogen-bond donors (Lipinski definition) is 1. The molecule has 0 bridgehead atoms. The summed E-state index contributed by atoms with van der Waals surface area (Å²) in [6.45, 7) is 9.59. The number of likely N-dealkylation sites (tertiary alicyclic amines) is 1. The second kappa shape index (κ2) is 7.21. The molecule has 0 aromatic heterocycles. The second-order valence-electron chi connectivity index (χ2n) is 7.00. The van der Waals surface area contributed by atoms with Crippen LogP contribution in [0.3, 0.4) is 0 Å². The molecule has 2 rings (SSSR count). The number of rotatable bonds is 4. The predicted molar refractivity (Wildman–Crippen MR) is 90.5 cm³/mol. The van der Waals surface area contributed by atoms with E-state index >= 15 is 0 Å². The van der Waals surface area contributed by atoms with E-state index in [-0.39, 0.29) is 18.1 Å². The smallest absolute Gasteiger partial charge is 0.410 e. The molecule has 1 amide bonds. The maximum absolute atomic E-state index is 12.1. The lowest BCUT2D eigenvalue weighted by Crippen LogP contribution is -2.36. The van der Waals surface area contributed by atoms with E-state index < -0.39 is 5.60 Å². The Bertz CT molecular complexity index is 522. The minimum Gasteiger partial charge on any atom is -0.494 e. The van der Waals surface area contributed by atoms with Gasteiger partial charge in [0, 0.05) is 19.1 Å². The zero-order valence-corrected chi connectivity index (χ0v) is 14.5. The topological polar surface area (TPSA) is 64.8 Å². The van der Waals surface area contributed by atoms with E-state index in [1.54, 1.807) is 4.90 Å². The molecule has 1 aliphatic rings. The van der Waals surface area contributed by atoms with Crippen LogP contribution in [-0.2, 0) is 4.74 Å². The first-order chi connectivity index (χ1) is 10.8. The number of nitrogens with two attached hydrogens (primary N) is 1. The van der Waals surface area contributed by atoms with E-state index in [2.05, 4.69) is 0 Å². The number of ether oxygens (including phenoxy) is 2. The van der Waals surface area contributed by atoms with Gasteiger partial charge in [-0.05, 0) is 57.7 Å². The standard InChI is InChI=1S/C18H28N2O3/c1-5-22-15-8-6-13(7-9-15)16(19)14-10-11-20(12-14)17(21)23-18(2,3)4/h6-9,14,16H,5,10-12,19H2,1-4H3. The third kappa shape index (κ3) is 4.86. The SMILES string of the molecule is CCOc1ccc(C(N)C2CCN(C(=O)OC(C)(C)C)C2)cc1. The maximum Gasteiger partial charge on any atom is 0.410 e. The molecule has 23 heavy (non-hydrogen) atoms. The van der Waals surface area contributed by atoms with Crippen LogP contribution in [0.4, 0.5) is 4.79 Å². The molecular weight excluding hydrogens is 292 g/mol. The van der Waals surface area contributed by atoms with Crippen molar-refractivity contribution < 1.29 is 14.3 Å². The van der Waals surface area contributed by atoms with Crippen molar-refractivity contribution in [2.24, 2.45) is 11.7 Å². The summed E-state index contributed by atoms with van der Waals surface area (Å²) in [5.74, 6) is 1.10. The van der Waals surface area contributed by atoms with Gasteiger partial charge in [-0.15, -0.1) is 0 Å². The highest BCUT2D eigenvalue weighted by Gasteiger charge is 2.33. The third-order valence-electron chi connectivity index (χ3n) is 3.96. The Morgan fingerprint density at radius 3 is 2.57 bits per heavy atom. The van der Waals surface area contributed by atoms with E-state index in [1.807, 2.05) is 52.0 Å². The van der Waals surface area contributed by atoms with Gasteiger partial charge in [-0.1, -0.05) is 12.1 Å². The van der Waals surface area contributed by atoms with Crippen molar-refractivity contribution in [1.29, 1.82) is 0 Å². The molecule has 2 N–H and O–H groups in total. The van der Waals surface area contributed by atoms with Crippen molar-refractivity contribution in [3.63, 3.8) is 0 Å². The summed E-state index contributed by atoms with van der Waals surface area (Å²) in [5.41, 5.74) is 7.00. The Balaban J connectivity index is 1.94. The van der Waals surface area contributed by atoms with Crippen molar-refractivity contribution in [3.8, 4) is 5.75 Å². The van der Waals surface area contributed by atoms with Gasteiger partial charge in [-0.25, -0.2) is 4.79 Å². The Morgan fingerprint density at radius 2 is 2.00 bits per heavy atom. The third-order valence-corrected chi connectivity index (χ3v) is 3.96. The van der Waals surface area contributed by atoms with Crippen molar-refractivity contribution in [3.05, 3.63) is 29.8 Å². The lowest BCUT2D eigenvalue weighted by molar-refractivity contribution is 0.0286. The molecule has 1 aromatic carbocycles. The molecule has 128 valence electrons. The molecule has 1 aromatic rings. The molecule has 2 unspecified atom stereocenters. The largest absolute Gasteiger partial charge is 0.494 e. The van der Waals surface area contributed by atoms with Crippen LogP contribution in [0.15, 0.2) is 24.3 Å². The quantitative estimate of drug-likeness (QED) is 0.924. The van der Waals surface area contributed by atoms with Crippen molar-refractivity contribution in [1.82, 2.24) is 4.90 Å². The number of carbonyl (C=O) groups excluding carboxylic acids is 1. The van der Waals surface area contributed by atoms with E-state index in [4.69, 9.17) is 15.2 Å². The van der Waals surface area contributed by atoms with Crippen LogP contribution in [0.2, 0.25) is 0 Å². The molecule has 1 fully saturated rings. The average Bonchev–Trinajstić information content (AvgIpc) is 2.96. The minimum atomic E-state index is -0.466. The van der Waals surface area contributed by atoms with Gasteiger partial charge in [0.1, 0.15) is 11.4 Å². The molecule has 5 nitrogen and oxygen atoms in total. The van der Waals surface area contributed by atoms with Gasteiger partial charge in [-0.2, -0.15) is 0 Å². The Labute approximate surface area is 138 Å². The minimum absolute atomic E-state index is 0.0851. The average molecular weight is 320 g/mol. The van der Waals surface area contributed by atoms with E-state index in [9.17, 15) is 4.79 Å². The Hall–Kier alpha value is -1.75. The summed E-state index contributed by atoms with van der Waals surface area (Å²) in [7, 11) is 0. The van der Waals surface area contributed by atoms with Crippen LogP contribution in [0.1, 0.15) is 45.7 Å². The molecule has 0 aliphatic carbocycles. The van der Waals surface area contributed by atoms with Crippen LogP contribution in [0.5, 0.6) is 5.75 Å². The highest BCUT2D eigenvalue weighted by Crippen LogP contribution is 2.30. The highest BCUT2D eigenvalue weighted by atomic mass is 16.6. The first-order valence-electron chi connectivity index (χ1n) is 8.26. The van der Waals surface area contributed by atoms with Crippen LogP contribution in [0.25, 0.3) is 0 Å². The number of amides is 1. The highest BCUT2D eigenvalue weighted by molar-refractivity contribution is 5.68. The fourth-order valence-electron chi connectivity index (χ4n) is 2.80. The lowest BCUT2D eigenvalue weighted by Gasteiger charge is -2.25. The second-order valence-corrected chi connectivity index (χ2v) is 7.00. The molecule has 1 saturated heterocycles. The molecular formula is C18H28N2O3. The zero-order chi connectivity index (χ0) is 17.0. The summed E-state index contributed by atoms with van der Waals surface area (Å²) in [4.78, 5) is 13.9. The first-order valence-corrected chi connectivity index (χ1v) is 8.26. The summed E-state index contributed by atoms with van der Waals surface area (Å²) in [5, 5.41) is 0. The fraction of sp³-hybridized carbons (Fsp3) is 0.611. The van der Waals surface area contributed by atoms with E-state index in [1.165, 1.54) is 0 Å². The van der Waals surface area contributed by atoms with Crippen molar-refractivity contribution >= 4 is 6.09 Å². The lowest BCUT2D eigenvalue weighted by atomic mass is 9.93. The summed E-state index contributed by atoms with van der Waals surface area (Å²) < 4.78 is 10.9. The van der Waals surface area contributed by atoms with Crippen LogP contribution >= 0.6 is 0 Å². The Morgan fingerprint density at radius 1 is 1.35 bits per heavy atom. The molecule has 0 radical (unpaired) electrons. The molecule has 5 heteroatoms. The van der Waals surface area contributed by atoms with Crippen molar-refractivity contribution in [2.75, 3.05) is 19.7 Å². The van der Waals surface area contributed by atoms with Gasteiger partial charge in [0.15, 0.2) is 0 Å². The number of benzene rings is 1.